The molecule has 1 aliphatic heterocycles. The smallest absolute Gasteiger partial charge is 0.308 e. The fraction of sp³-hybridized carbons (Fsp3) is 0.429. The molecule has 1 amide bonds. The molecular weight excluding hydrogens is 406 g/mol. The number of rotatable bonds is 3. The van der Waals surface area contributed by atoms with Gasteiger partial charge in [0.05, 0.1) is 26.2 Å². The van der Waals surface area contributed by atoms with Crippen molar-refractivity contribution in [1.29, 1.82) is 0 Å². The van der Waals surface area contributed by atoms with Gasteiger partial charge >= 0.3 is 5.97 Å². The summed E-state index contributed by atoms with van der Waals surface area (Å²) in [5, 5.41) is 0. The summed E-state index contributed by atoms with van der Waals surface area (Å²) in [6, 6.07) is 5.42. The number of hydrogen-bond acceptors (Lipinski definition) is 4. The molecule has 0 radical (unpaired) electrons. The minimum absolute atomic E-state index is 0.0739. The third kappa shape index (κ3) is 4.52. The molecule has 2 rings (SSSR count). The summed E-state index contributed by atoms with van der Waals surface area (Å²) in [7, 11) is 1.34. The summed E-state index contributed by atoms with van der Waals surface area (Å²) in [4.78, 5) is 25.5. The van der Waals surface area contributed by atoms with Gasteiger partial charge in [0.25, 0.3) is 5.91 Å². The fourth-order valence-corrected chi connectivity index (χ4v) is 3.45. The van der Waals surface area contributed by atoms with Crippen molar-refractivity contribution in [2.24, 2.45) is 0 Å². The largest absolute Gasteiger partial charge is 0.469 e. The minimum Gasteiger partial charge on any atom is -0.469 e. The Labute approximate surface area is 139 Å². The van der Waals surface area contributed by atoms with E-state index in [1.54, 1.807) is 17.0 Å². The molecule has 0 saturated carbocycles. The molecule has 0 spiro atoms. The second-order valence-corrected chi connectivity index (χ2v) is 6.51. The Morgan fingerprint density at radius 2 is 2.00 bits per heavy atom. The molecular formula is C14H15Br2NO4. The number of nitrogens with zero attached hydrogens (tertiary/aromatic N) is 1. The first-order valence-corrected chi connectivity index (χ1v) is 8.02. The van der Waals surface area contributed by atoms with Gasteiger partial charge in [-0.25, -0.2) is 0 Å². The molecule has 1 aliphatic rings. The summed E-state index contributed by atoms with van der Waals surface area (Å²) in [5.41, 5.74) is 0.593. The lowest BCUT2D eigenvalue weighted by atomic mass is 10.1. The number of benzene rings is 1. The molecule has 0 bridgehead atoms. The molecule has 0 aliphatic carbocycles. The summed E-state index contributed by atoms with van der Waals surface area (Å²) in [5.74, 6) is -0.408. The van der Waals surface area contributed by atoms with Crippen LogP contribution in [0.3, 0.4) is 0 Å². The Bertz CT molecular complexity index is 530. The van der Waals surface area contributed by atoms with Gasteiger partial charge in [-0.15, -0.1) is 0 Å². The van der Waals surface area contributed by atoms with Crippen molar-refractivity contribution in [1.82, 2.24) is 4.90 Å². The van der Waals surface area contributed by atoms with Crippen molar-refractivity contribution >= 4 is 43.7 Å². The van der Waals surface area contributed by atoms with Gasteiger partial charge in [-0.2, -0.15) is 0 Å². The average molecular weight is 421 g/mol. The fourth-order valence-electron chi connectivity index (χ4n) is 2.16. The highest BCUT2D eigenvalue weighted by atomic mass is 79.9. The molecule has 1 atom stereocenters. The van der Waals surface area contributed by atoms with E-state index in [4.69, 9.17) is 4.74 Å². The Morgan fingerprint density at radius 3 is 2.62 bits per heavy atom. The molecule has 1 unspecified atom stereocenters. The standard InChI is InChI=1S/C14H15Br2NO4/c1-20-13(18)7-12-8-17(2-3-21-12)14(19)9-4-10(15)6-11(16)5-9/h4-6,12H,2-3,7-8H2,1H3. The Kier molecular flexibility index (Phi) is 5.78. The quantitative estimate of drug-likeness (QED) is 0.705. The van der Waals surface area contributed by atoms with Crippen LogP contribution in [-0.2, 0) is 14.3 Å². The van der Waals surface area contributed by atoms with Gasteiger partial charge in [0.15, 0.2) is 0 Å². The van der Waals surface area contributed by atoms with Gasteiger partial charge in [-0.3, -0.25) is 9.59 Å². The van der Waals surface area contributed by atoms with Crippen molar-refractivity contribution in [2.45, 2.75) is 12.5 Å². The summed E-state index contributed by atoms with van der Waals surface area (Å²) in [6.45, 7) is 1.32. The molecule has 0 aromatic heterocycles. The summed E-state index contributed by atoms with van der Waals surface area (Å²) >= 11 is 6.75. The molecule has 1 heterocycles. The van der Waals surface area contributed by atoms with E-state index in [2.05, 4.69) is 36.6 Å². The van der Waals surface area contributed by atoms with Crippen molar-refractivity contribution in [3.63, 3.8) is 0 Å². The molecule has 1 fully saturated rings. The van der Waals surface area contributed by atoms with Gasteiger partial charge in [-0.05, 0) is 18.2 Å². The van der Waals surface area contributed by atoms with Gasteiger partial charge in [0.2, 0.25) is 0 Å². The summed E-state index contributed by atoms with van der Waals surface area (Å²) in [6.07, 6.45) is -0.159. The number of halogens is 2. The average Bonchev–Trinajstić information content (AvgIpc) is 2.45. The number of methoxy groups -OCH3 is 1. The van der Waals surface area contributed by atoms with Crippen molar-refractivity contribution in [3.8, 4) is 0 Å². The van der Waals surface area contributed by atoms with Gasteiger partial charge in [0, 0.05) is 27.6 Å². The van der Waals surface area contributed by atoms with Crippen LogP contribution in [0.25, 0.3) is 0 Å². The highest BCUT2D eigenvalue weighted by molar-refractivity contribution is 9.11. The number of hydrogen-bond donors (Lipinski definition) is 0. The zero-order valence-corrected chi connectivity index (χ0v) is 14.6. The first-order chi connectivity index (χ1) is 9.99. The summed E-state index contributed by atoms with van der Waals surface area (Å²) < 4.78 is 11.8. The van der Waals surface area contributed by atoms with E-state index in [0.717, 1.165) is 8.95 Å². The van der Waals surface area contributed by atoms with Crippen LogP contribution >= 0.6 is 31.9 Å². The predicted molar refractivity (Wildman–Crippen MR) is 84.1 cm³/mol. The number of morpholine rings is 1. The maximum absolute atomic E-state index is 12.5. The molecule has 5 nitrogen and oxygen atoms in total. The van der Waals surface area contributed by atoms with E-state index in [1.807, 2.05) is 6.07 Å². The van der Waals surface area contributed by atoms with Crippen LogP contribution in [0.4, 0.5) is 0 Å². The van der Waals surface area contributed by atoms with Crippen LogP contribution < -0.4 is 0 Å². The lowest BCUT2D eigenvalue weighted by Crippen LogP contribution is -2.46. The lowest BCUT2D eigenvalue weighted by molar-refractivity contribution is -0.145. The van der Waals surface area contributed by atoms with Gasteiger partial charge in [0.1, 0.15) is 0 Å². The molecule has 7 heteroatoms. The predicted octanol–water partition coefficient (Wildman–Crippen LogP) is 2.62. The maximum Gasteiger partial charge on any atom is 0.308 e. The van der Waals surface area contributed by atoms with E-state index in [0.29, 0.717) is 25.3 Å². The SMILES string of the molecule is COC(=O)CC1CN(C(=O)c2cc(Br)cc(Br)c2)CCO1. The van der Waals surface area contributed by atoms with Crippen LogP contribution in [0.15, 0.2) is 27.1 Å². The van der Waals surface area contributed by atoms with E-state index in [9.17, 15) is 9.59 Å². The van der Waals surface area contributed by atoms with Crippen LogP contribution in [0, 0.1) is 0 Å². The van der Waals surface area contributed by atoms with Crippen LogP contribution in [0.2, 0.25) is 0 Å². The van der Waals surface area contributed by atoms with Gasteiger partial charge in [-0.1, -0.05) is 31.9 Å². The monoisotopic (exact) mass is 419 g/mol. The third-order valence-electron chi connectivity index (χ3n) is 3.16. The number of carbonyl (C=O) groups excluding carboxylic acids is 2. The zero-order chi connectivity index (χ0) is 15.4. The highest BCUT2D eigenvalue weighted by Gasteiger charge is 2.27. The molecule has 0 N–H and O–H groups in total. The molecule has 21 heavy (non-hydrogen) atoms. The first-order valence-electron chi connectivity index (χ1n) is 6.43. The molecule has 1 saturated heterocycles. The number of esters is 1. The van der Waals surface area contributed by atoms with E-state index in [-0.39, 0.29) is 24.4 Å². The molecule has 1 aromatic rings. The Hall–Kier alpha value is -0.920. The van der Waals surface area contributed by atoms with E-state index in [1.165, 1.54) is 7.11 Å². The Morgan fingerprint density at radius 1 is 1.33 bits per heavy atom. The van der Waals surface area contributed by atoms with E-state index < -0.39 is 0 Å². The van der Waals surface area contributed by atoms with Gasteiger partial charge < -0.3 is 14.4 Å². The van der Waals surface area contributed by atoms with Crippen molar-refractivity contribution in [2.75, 3.05) is 26.8 Å². The topological polar surface area (TPSA) is 55.8 Å². The second-order valence-electron chi connectivity index (χ2n) is 4.68. The van der Waals surface area contributed by atoms with Crippen LogP contribution in [0.1, 0.15) is 16.8 Å². The van der Waals surface area contributed by atoms with E-state index >= 15 is 0 Å². The second kappa shape index (κ2) is 7.38. The maximum atomic E-state index is 12.5. The lowest BCUT2D eigenvalue weighted by Gasteiger charge is -2.32. The van der Waals surface area contributed by atoms with Crippen molar-refractivity contribution < 1.29 is 19.1 Å². The normalized spacial score (nSPS) is 18.4. The highest BCUT2D eigenvalue weighted by Crippen LogP contribution is 2.22. The third-order valence-corrected chi connectivity index (χ3v) is 4.07. The number of ether oxygens (including phenoxy) is 2. The van der Waals surface area contributed by atoms with Crippen molar-refractivity contribution in [3.05, 3.63) is 32.7 Å². The molecule has 1 aromatic carbocycles. The number of amides is 1. The first kappa shape index (κ1) is 16.5. The minimum atomic E-state index is -0.334. The number of carbonyl (C=O) groups is 2. The Balaban J connectivity index is 2.06. The van der Waals surface area contributed by atoms with Crippen LogP contribution in [-0.4, -0.2) is 49.7 Å². The van der Waals surface area contributed by atoms with Crippen LogP contribution in [0.5, 0.6) is 0 Å². The zero-order valence-electron chi connectivity index (χ0n) is 11.5. The molecule has 114 valence electrons.